The summed E-state index contributed by atoms with van der Waals surface area (Å²) >= 11 is 0. The molecule has 0 saturated carbocycles. The Kier molecular flexibility index (Phi) is 2.42. The first kappa shape index (κ1) is 8.96. The van der Waals surface area contributed by atoms with Gasteiger partial charge in [-0.25, -0.2) is 0 Å². The number of halogens is 2. The first-order valence-electron chi connectivity index (χ1n) is 2.24. The number of carboxylic acids is 1. The molecule has 0 aliphatic rings. The SMILES string of the molecule is NC(C(=O)O)C(F)(F)C=O. The Labute approximate surface area is 54.6 Å². The van der Waals surface area contributed by atoms with Gasteiger partial charge >= 0.3 is 11.9 Å². The van der Waals surface area contributed by atoms with E-state index in [0.29, 0.717) is 0 Å². The number of rotatable bonds is 3. The third kappa shape index (κ3) is 1.73. The molecule has 0 aromatic heterocycles. The summed E-state index contributed by atoms with van der Waals surface area (Å²) in [5, 5.41) is 7.88. The van der Waals surface area contributed by atoms with Gasteiger partial charge in [-0.05, 0) is 0 Å². The lowest BCUT2D eigenvalue weighted by Gasteiger charge is -2.12. The second-order valence-corrected chi connectivity index (χ2v) is 1.61. The van der Waals surface area contributed by atoms with Crippen LogP contribution in [0.3, 0.4) is 0 Å². The van der Waals surface area contributed by atoms with Gasteiger partial charge in [-0.2, -0.15) is 8.78 Å². The van der Waals surface area contributed by atoms with Crippen LogP contribution < -0.4 is 5.73 Å². The molecule has 0 aliphatic carbocycles. The van der Waals surface area contributed by atoms with Gasteiger partial charge in [-0.3, -0.25) is 9.59 Å². The number of hydrogen-bond acceptors (Lipinski definition) is 3. The minimum atomic E-state index is -3.98. The lowest BCUT2D eigenvalue weighted by molar-refractivity contribution is -0.153. The topological polar surface area (TPSA) is 80.4 Å². The number of alkyl halides is 2. The van der Waals surface area contributed by atoms with Crippen LogP contribution in [0.2, 0.25) is 0 Å². The molecule has 0 radical (unpaired) electrons. The van der Waals surface area contributed by atoms with Crippen LogP contribution in [0.15, 0.2) is 0 Å². The first-order chi connectivity index (χ1) is 4.41. The Morgan fingerprint density at radius 3 is 2.20 bits per heavy atom. The fourth-order valence-corrected chi connectivity index (χ4v) is 0.238. The van der Waals surface area contributed by atoms with Crippen LogP contribution in [0.1, 0.15) is 0 Å². The molecular weight excluding hydrogens is 148 g/mol. The quantitative estimate of drug-likeness (QED) is 0.522. The predicted molar refractivity (Wildman–Crippen MR) is 26.6 cm³/mol. The highest BCUT2D eigenvalue weighted by Gasteiger charge is 2.41. The van der Waals surface area contributed by atoms with Crippen LogP contribution in [0, 0.1) is 0 Å². The Morgan fingerprint density at radius 2 is 2.10 bits per heavy atom. The monoisotopic (exact) mass is 153 g/mol. The minimum absolute atomic E-state index is 0.786. The highest BCUT2D eigenvalue weighted by Crippen LogP contribution is 2.13. The van der Waals surface area contributed by atoms with Crippen LogP contribution in [0.5, 0.6) is 0 Å². The van der Waals surface area contributed by atoms with Gasteiger partial charge in [-0.15, -0.1) is 0 Å². The first-order valence-corrected chi connectivity index (χ1v) is 2.24. The zero-order chi connectivity index (χ0) is 8.36. The summed E-state index contributed by atoms with van der Waals surface area (Å²) < 4.78 is 23.8. The van der Waals surface area contributed by atoms with Crippen molar-refractivity contribution in [1.82, 2.24) is 0 Å². The van der Waals surface area contributed by atoms with Crippen molar-refractivity contribution in [3.05, 3.63) is 0 Å². The maximum atomic E-state index is 11.9. The van der Waals surface area contributed by atoms with E-state index >= 15 is 0 Å². The number of aliphatic carboxylic acids is 1. The molecule has 3 N–H and O–H groups in total. The van der Waals surface area contributed by atoms with Crippen LogP contribution in [0.4, 0.5) is 8.78 Å². The fraction of sp³-hybridized carbons (Fsp3) is 0.500. The molecule has 10 heavy (non-hydrogen) atoms. The zero-order valence-electron chi connectivity index (χ0n) is 4.75. The molecule has 58 valence electrons. The van der Waals surface area contributed by atoms with Crippen LogP contribution >= 0.6 is 0 Å². The van der Waals surface area contributed by atoms with Gasteiger partial charge < -0.3 is 10.8 Å². The third-order valence-electron chi connectivity index (χ3n) is 0.838. The summed E-state index contributed by atoms with van der Waals surface area (Å²) in [6, 6.07) is -2.45. The summed E-state index contributed by atoms with van der Waals surface area (Å²) in [4.78, 5) is 19.2. The van der Waals surface area contributed by atoms with Crippen molar-refractivity contribution < 1.29 is 23.5 Å². The van der Waals surface area contributed by atoms with Crippen molar-refractivity contribution in [3.8, 4) is 0 Å². The fourth-order valence-electron chi connectivity index (χ4n) is 0.238. The van der Waals surface area contributed by atoms with Crippen molar-refractivity contribution in [3.63, 3.8) is 0 Å². The van der Waals surface area contributed by atoms with E-state index < -0.39 is 24.2 Å². The Hall–Kier alpha value is -1.04. The summed E-state index contributed by atoms with van der Waals surface area (Å²) in [6.07, 6.45) is -0.786. The largest absolute Gasteiger partial charge is 0.480 e. The number of carboxylic acid groups (broad SMARTS) is 1. The highest BCUT2D eigenvalue weighted by molar-refractivity contribution is 5.80. The molecule has 0 spiro atoms. The van der Waals surface area contributed by atoms with Gasteiger partial charge in [0.1, 0.15) is 0 Å². The Bertz CT molecular complexity index is 159. The number of hydrogen-bond donors (Lipinski definition) is 2. The van der Waals surface area contributed by atoms with Crippen LogP contribution in [-0.2, 0) is 9.59 Å². The average Bonchev–Trinajstić information content (AvgIpc) is 1.86. The summed E-state index contributed by atoms with van der Waals surface area (Å²) in [5.74, 6) is -5.89. The van der Waals surface area contributed by atoms with Gasteiger partial charge in [0.25, 0.3) is 0 Å². The molecule has 0 aliphatic heterocycles. The van der Waals surface area contributed by atoms with Gasteiger partial charge in [-0.1, -0.05) is 0 Å². The van der Waals surface area contributed by atoms with Crippen LogP contribution in [0.25, 0.3) is 0 Å². The van der Waals surface area contributed by atoms with Crippen molar-refractivity contribution >= 4 is 12.3 Å². The normalized spacial score (nSPS) is 14.3. The molecule has 0 amide bonds. The molecule has 1 atom stereocenters. The summed E-state index contributed by atoms with van der Waals surface area (Å²) in [5.41, 5.74) is 4.42. The molecule has 0 fully saturated rings. The summed E-state index contributed by atoms with van der Waals surface area (Å²) in [7, 11) is 0. The number of aldehydes is 1. The van der Waals surface area contributed by atoms with E-state index in [4.69, 9.17) is 5.11 Å². The molecule has 6 heteroatoms. The van der Waals surface area contributed by atoms with E-state index in [0.717, 1.165) is 0 Å². The molecule has 0 saturated heterocycles. The molecule has 0 aromatic rings. The molecule has 0 rings (SSSR count). The van der Waals surface area contributed by atoms with Crippen molar-refractivity contribution in [2.45, 2.75) is 12.0 Å². The van der Waals surface area contributed by atoms with Gasteiger partial charge in [0.05, 0.1) is 0 Å². The molecule has 1 unspecified atom stereocenters. The average molecular weight is 153 g/mol. The molecule has 0 bridgehead atoms. The number of nitrogens with two attached hydrogens (primary N) is 1. The lowest BCUT2D eigenvalue weighted by atomic mass is 10.2. The van der Waals surface area contributed by atoms with Gasteiger partial charge in [0.2, 0.25) is 0 Å². The molecule has 0 heterocycles. The third-order valence-corrected chi connectivity index (χ3v) is 0.838. The van der Waals surface area contributed by atoms with E-state index in [1.165, 1.54) is 0 Å². The smallest absolute Gasteiger partial charge is 0.327 e. The van der Waals surface area contributed by atoms with E-state index in [1.54, 1.807) is 0 Å². The second-order valence-electron chi connectivity index (χ2n) is 1.61. The molecule has 0 aromatic carbocycles. The Morgan fingerprint density at radius 1 is 1.70 bits per heavy atom. The molecular formula is C4H5F2NO3. The van der Waals surface area contributed by atoms with Gasteiger partial charge in [0, 0.05) is 0 Å². The van der Waals surface area contributed by atoms with E-state index in [1.807, 2.05) is 0 Å². The van der Waals surface area contributed by atoms with E-state index in [2.05, 4.69) is 5.73 Å². The van der Waals surface area contributed by atoms with E-state index in [9.17, 15) is 18.4 Å². The maximum absolute atomic E-state index is 11.9. The second kappa shape index (κ2) is 2.70. The lowest BCUT2D eigenvalue weighted by Crippen LogP contribution is -2.47. The van der Waals surface area contributed by atoms with Crippen molar-refractivity contribution in [1.29, 1.82) is 0 Å². The van der Waals surface area contributed by atoms with Crippen LogP contribution in [-0.4, -0.2) is 29.3 Å². The molecule has 4 nitrogen and oxygen atoms in total. The van der Waals surface area contributed by atoms with Crippen molar-refractivity contribution in [2.75, 3.05) is 0 Å². The standard InChI is InChI=1S/C4H5F2NO3/c5-4(6,1-8)2(7)3(9)10/h1-2H,7H2,(H,9,10). The number of carbonyl (C=O) groups excluding carboxylic acids is 1. The highest BCUT2D eigenvalue weighted by atomic mass is 19.3. The van der Waals surface area contributed by atoms with Gasteiger partial charge in [0.15, 0.2) is 12.3 Å². The zero-order valence-corrected chi connectivity index (χ0v) is 4.75. The summed E-state index contributed by atoms with van der Waals surface area (Å²) in [6.45, 7) is 0. The predicted octanol–water partition coefficient (Wildman–Crippen LogP) is -0.768. The minimum Gasteiger partial charge on any atom is -0.480 e. The van der Waals surface area contributed by atoms with E-state index in [-0.39, 0.29) is 0 Å². The maximum Gasteiger partial charge on any atom is 0.327 e. The number of carbonyl (C=O) groups is 2. The Balaban J connectivity index is 4.31. The van der Waals surface area contributed by atoms with Crippen molar-refractivity contribution in [2.24, 2.45) is 5.73 Å².